The molecule has 0 atom stereocenters. The molecule has 188 valence electrons. The Balaban J connectivity index is 0.000000479. The Morgan fingerprint density at radius 3 is 1.14 bits per heavy atom. The van der Waals surface area contributed by atoms with Crippen LogP contribution in [0.2, 0.25) is 0 Å². The summed E-state index contributed by atoms with van der Waals surface area (Å²) >= 11 is 0. The molecule has 0 fully saturated rings. The summed E-state index contributed by atoms with van der Waals surface area (Å²) < 4.78 is 0. The summed E-state index contributed by atoms with van der Waals surface area (Å²) in [5.41, 5.74) is 0. The van der Waals surface area contributed by atoms with Gasteiger partial charge in [-0.3, -0.25) is 0 Å². The molecule has 0 aliphatic carbocycles. The molecule has 0 radical (unpaired) electrons. The summed E-state index contributed by atoms with van der Waals surface area (Å²) in [6.07, 6.45) is 0. The third kappa shape index (κ3) is 7.05. The van der Waals surface area contributed by atoms with E-state index in [1.807, 2.05) is 30.3 Å². The molecule has 0 spiro atoms. The molecule has 0 aromatic heterocycles. The van der Waals surface area contributed by atoms with E-state index in [-0.39, 0.29) is 17.1 Å². The Bertz CT molecular complexity index is 1220. The molecule has 6 rings (SSSR count). The molecule has 6 aromatic carbocycles. The molecule has 0 saturated heterocycles. The average Bonchev–Trinajstić information content (AvgIpc) is 3.68. The van der Waals surface area contributed by atoms with E-state index in [9.17, 15) is 0 Å². The van der Waals surface area contributed by atoms with Crippen molar-refractivity contribution in [1.82, 2.24) is 0 Å². The van der Waals surface area contributed by atoms with Crippen LogP contribution in [0.1, 0.15) is 0 Å². The van der Waals surface area contributed by atoms with Gasteiger partial charge < -0.3 is 30.3 Å². The second-order valence-electron chi connectivity index (χ2n) is 8.30. The van der Waals surface area contributed by atoms with Gasteiger partial charge in [-0.25, -0.2) is 6.07 Å². The van der Waals surface area contributed by atoms with Crippen molar-refractivity contribution in [1.29, 1.82) is 0 Å². The normalized spacial score (nSPS) is 10.4. The zero-order chi connectivity index (χ0) is 24.4. The van der Waals surface area contributed by atoms with Crippen LogP contribution in [0.25, 0.3) is 0 Å². The smallest absolute Gasteiger partial charge is 0 e. The van der Waals surface area contributed by atoms with Crippen LogP contribution in [0.3, 0.4) is 0 Å². The molecular formula is C34H28FeP2-6. The van der Waals surface area contributed by atoms with Gasteiger partial charge in [-0.15, -0.1) is 5.30 Å². The van der Waals surface area contributed by atoms with Crippen LogP contribution in [-0.2, 0) is 17.1 Å². The molecule has 0 amide bonds. The summed E-state index contributed by atoms with van der Waals surface area (Å²) in [5.74, 6) is 0. The Morgan fingerprint density at radius 1 is 0.405 bits per heavy atom. The first-order chi connectivity index (χ1) is 17.9. The molecule has 0 aliphatic heterocycles. The van der Waals surface area contributed by atoms with E-state index in [1.165, 1.54) is 31.8 Å². The minimum absolute atomic E-state index is 0. The average molecular weight is 554 g/mol. The van der Waals surface area contributed by atoms with Gasteiger partial charge in [-0.2, -0.15) is 17.4 Å². The maximum absolute atomic E-state index is 2.46. The fraction of sp³-hybridized carbons (Fsp3) is 0. The van der Waals surface area contributed by atoms with Crippen LogP contribution in [0.5, 0.6) is 0 Å². The van der Waals surface area contributed by atoms with Gasteiger partial charge in [0.2, 0.25) is 0 Å². The second-order valence-corrected chi connectivity index (χ2v) is 12.7. The number of hydrogen-bond donors (Lipinski definition) is 0. The summed E-state index contributed by atoms with van der Waals surface area (Å²) in [5, 5.41) is 8.41. The molecule has 0 nitrogen and oxygen atoms in total. The predicted molar refractivity (Wildman–Crippen MR) is 161 cm³/mol. The van der Waals surface area contributed by atoms with Crippen LogP contribution in [-0.4, -0.2) is 0 Å². The van der Waals surface area contributed by atoms with Crippen molar-refractivity contribution in [3.05, 3.63) is 170 Å². The van der Waals surface area contributed by atoms with Crippen molar-refractivity contribution in [2.24, 2.45) is 0 Å². The Labute approximate surface area is 233 Å². The van der Waals surface area contributed by atoms with Crippen LogP contribution in [0.15, 0.2) is 170 Å². The van der Waals surface area contributed by atoms with E-state index in [1.54, 1.807) is 0 Å². The van der Waals surface area contributed by atoms with Crippen LogP contribution >= 0.6 is 15.8 Å². The first kappa shape index (κ1) is 27.0. The van der Waals surface area contributed by atoms with Crippen molar-refractivity contribution in [3.8, 4) is 0 Å². The number of benzene rings is 4. The van der Waals surface area contributed by atoms with Gasteiger partial charge in [-0.05, 0) is 21.2 Å². The largest absolute Gasteiger partial charge is 0.748 e. The van der Waals surface area contributed by atoms with Crippen LogP contribution in [0, 0.1) is 0 Å². The fourth-order valence-corrected chi connectivity index (χ4v) is 8.98. The van der Waals surface area contributed by atoms with E-state index in [4.69, 9.17) is 0 Å². The molecule has 0 heterocycles. The predicted octanol–water partition coefficient (Wildman–Crippen LogP) is 6.32. The molecule has 0 N–H and O–H groups in total. The molecule has 3 heteroatoms. The first-order valence-corrected chi connectivity index (χ1v) is 14.8. The maximum atomic E-state index is 2.46. The molecule has 37 heavy (non-hydrogen) atoms. The topological polar surface area (TPSA) is 0 Å². The molecule has 0 saturated carbocycles. The number of rotatable bonds is 6. The zero-order valence-corrected chi connectivity index (χ0v) is 23.3. The summed E-state index contributed by atoms with van der Waals surface area (Å²) in [4.78, 5) is 0. The zero-order valence-electron chi connectivity index (χ0n) is 20.4. The van der Waals surface area contributed by atoms with Crippen molar-refractivity contribution in [3.63, 3.8) is 0 Å². The van der Waals surface area contributed by atoms with Crippen molar-refractivity contribution < 1.29 is 17.1 Å². The van der Waals surface area contributed by atoms with E-state index in [0.29, 0.717) is 0 Å². The monoisotopic (exact) mass is 554 g/mol. The van der Waals surface area contributed by atoms with Gasteiger partial charge in [0.15, 0.2) is 0 Å². The fourth-order valence-electron chi connectivity index (χ4n) is 4.22. The molecule has 0 aliphatic rings. The van der Waals surface area contributed by atoms with E-state index >= 15 is 0 Å². The molecular weight excluding hydrogens is 526 g/mol. The van der Waals surface area contributed by atoms with E-state index in [2.05, 4.69) is 140 Å². The summed E-state index contributed by atoms with van der Waals surface area (Å²) in [6, 6.07) is 60.9. The van der Waals surface area contributed by atoms with Crippen LogP contribution < -0.4 is 31.8 Å². The molecule has 0 unspecified atom stereocenters. The first-order valence-electron chi connectivity index (χ1n) is 12.1. The van der Waals surface area contributed by atoms with Crippen molar-refractivity contribution in [2.75, 3.05) is 0 Å². The Hall–Kier alpha value is -3.04. The van der Waals surface area contributed by atoms with E-state index in [0.717, 1.165) is 0 Å². The third-order valence-electron chi connectivity index (χ3n) is 5.85. The Morgan fingerprint density at radius 2 is 0.757 bits per heavy atom. The van der Waals surface area contributed by atoms with Gasteiger partial charge in [-0.1, -0.05) is 137 Å². The SMILES string of the molecule is [Fe].[cH-]1[cH-][cH-][cH-][cH-]1.c1ccc(P(c2ccccc2)c2cc[c-](P(c3ccccc3)c3ccccc3)c2)cc1. The second kappa shape index (κ2) is 14.0. The van der Waals surface area contributed by atoms with Crippen molar-refractivity contribution in [2.45, 2.75) is 0 Å². The quantitative estimate of drug-likeness (QED) is 0.128. The third-order valence-corrected chi connectivity index (χ3v) is 10.7. The molecule has 0 bridgehead atoms. The van der Waals surface area contributed by atoms with Gasteiger partial charge >= 0.3 is 0 Å². The maximum Gasteiger partial charge on any atom is 0 e. The molecule has 6 aromatic rings. The Kier molecular flexibility index (Phi) is 10.3. The van der Waals surface area contributed by atoms with Gasteiger partial charge in [0.05, 0.1) is 0 Å². The minimum atomic E-state index is -0.577. The van der Waals surface area contributed by atoms with Gasteiger partial charge in [0.1, 0.15) is 0 Å². The summed E-state index contributed by atoms with van der Waals surface area (Å²) in [6.45, 7) is 0. The summed E-state index contributed by atoms with van der Waals surface area (Å²) in [7, 11) is -1.15. The standard InChI is InChI=1S/C29H23P2.C5H5.Fe/c1-5-13-24(14-6-1)30(25-15-7-2-8-16-25)28-21-22-29(23-28)31(26-17-9-3-10-18-26)27-19-11-4-12-20-27;1-2-4-5-3-1;/h1-23H;1-5H;/q-1;-5;. The van der Waals surface area contributed by atoms with Gasteiger partial charge in [0, 0.05) is 17.1 Å². The van der Waals surface area contributed by atoms with Crippen molar-refractivity contribution >= 4 is 47.7 Å². The number of hydrogen-bond acceptors (Lipinski definition) is 0. The van der Waals surface area contributed by atoms with Crippen LogP contribution in [0.4, 0.5) is 0 Å². The minimum Gasteiger partial charge on any atom is -0.748 e. The van der Waals surface area contributed by atoms with E-state index < -0.39 is 15.8 Å². The van der Waals surface area contributed by atoms with Gasteiger partial charge in [0.25, 0.3) is 0 Å².